The van der Waals surface area contributed by atoms with Crippen LogP contribution in [-0.4, -0.2) is 0 Å². The zero-order chi connectivity index (χ0) is 10.6. The first-order chi connectivity index (χ1) is 6.63. The fourth-order valence-corrected chi connectivity index (χ4v) is 2.71. The van der Waals surface area contributed by atoms with Gasteiger partial charge >= 0.3 is 0 Å². The van der Waals surface area contributed by atoms with Crippen LogP contribution in [0.2, 0.25) is 0 Å². The Morgan fingerprint density at radius 2 is 1.79 bits per heavy atom. The van der Waals surface area contributed by atoms with E-state index in [1.54, 1.807) is 0 Å². The van der Waals surface area contributed by atoms with Crippen molar-refractivity contribution in [3.8, 4) is 0 Å². The second-order valence-corrected chi connectivity index (χ2v) is 5.28. The molecule has 0 fully saturated rings. The summed E-state index contributed by atoms with van der Waals surface area (Å²) in [6.07, 6.45) is 3.44. The predicted molar refractivity (Wildman–Crippen MR) is 68.3 cm³/mol. The Labute approximate surface area is 102 Å². The number of hydrogen-bond acceptors (Lipinski definition) is 1. The molecule has 0 amide bonds. The van der Waals surface area contributed by atoms with Crippen LogP contribution in [-0.2, 0) is 0 Å². The average Bonchev–Trinajstić information content (AvgIpc) is 2.12. The maximum absolute atomic E-state index is 6.08. The van der Waals surface area contributed by atoms with Gasteiger partial charge in [-0.1, -0.05) is 51.6 Å². The van der Waals surface area contributed by atoms with Crippen molar-refractivity contribution >= 4 is 31.9 Å². The molecule has 0 saturated heterocycles. The van der Waals surface area contributed by atoms with Crippen molar-refractivity contribution in [1.29, 1.82) is 0 Å². The van der Waals surface area contributed by atoms with Crippen LogP contribution < -0.4 is 5.73 Å². The molecule has 1 atom stereocenters. The van der Waals surface area contributed by atoms with Gasteiger partial charge in [0.25, 0.3) is 0 Å². The maximum atomic E-state index is 6.08. The molecular formula is C11H15Br2N. The summed E-state index contributed by atoms with van der Waals surface area (Å²) in [4.78, 5) is 0. The number of rotatable bonds is 4. The van der Waals surface area contributed by atoms with Crippen molar-refractivity contribution in [1.82, 2.24) is 0 Å². The van der Waals surface area contributed by atoms with Crippen LogP contribution in [0.25, 0.3) is 0 Å². The molecule has 0 radical (unpaired) electrons. The smallest absolute Gasteiger partial charge is 0.0295 e. The molecule has 78 valence electrons. The summed E-state index contributed by atoms with van der Waals surface area (Å²) in [5, 5.41) is 0. The summed E-state index contributed by atoms with van der Waals surface area (Å²) in [6, 6.07) is 6.36. The standard InChI is InChI=1S/C11H15Br2N/c1-2-3-4-11(14)8-5-9(12)7-10(13)6-8/h5-7,11H,2-4,14H2,1H3/t11-/m1/s1. The first-order valence-electron chi connectivity index (χ1n) is 4.85. The second kappa shape index (κ2) is 5.89. The summed E-state index contributed by atoms with van der Waals surface area (Å²) in [5.41, 5.74) is 7.27. The van der Waals surface area contributed by atoms with Crippen molar-refractivity contribution in [2.24, 2.45) is 5.73 Å². The van der Waals surface area contributed by atoms with Gasteiger partial charge in [0, 0.05) is 15.0 Å². The molecule has 0 spiro atoms. The fourth-order valence-electron chi connectivity index (χ4n) is 1.38. The van der Waals surface area contributed by atoms with Crippen LogP contribution in [0.3, 0.4) is 0 Å². The Bertz CT molecular complexity index is 279. The zero-order valence-electron chi connectivity index (χ0n) is 8.26. The molecule has 0 aliphatic carbocycles. The van der Waals surface area contributed by atoms with Crippen molar-refractivity contribution in [2.75, 3.05) is 0 Å². The zero-order valence-corrected chi connectivity index (χ0v) is 11.4. The third-order valence-corrected chi connectivity index (χ3v) is 3.10. The quantitative estimate of drug-likeness (QED) is 0.874. The fraction of sp³-hybridized carbons (Fsp3) is 0.455. The minimum atomic E-state index is 0.156. The summed E-state index contributed by atoms with van der Waals surface area (Å²) in [7, 11) is 0. The highest BCUT2D eigenvalue weighted by molar-refractivity contribution is 9.11. The summed E-state index contributed by atoms with van der Waals surface area (Å²) in [6.45, 7) is 2.18. The van der Waals surface area contributed by atoms with Crippen LogP contribution in [0.1, 0.15) is 37.8 Å². The number of benzene rings is 1. The monoisotopic (exact) mass is 319 g/mol. The Kier molecular flexibility index (Phi) is 5.13. The molecule has 0 aromatic heterocycles. The van der Waals surface area contributed by atoms with Gasteiger partial charge in [0.05, 0.1) is 0 Å². The molecule has 1 aromatic rings. The highest BCUT2D eigenvalue weighted by atomic mass is 79.9. The van der Waals surface area contributed by atoms with E-state index >= 15 is 0 Å². The minimum Gasteiger partial charge on any atom is -0.324 e. The van der Waals surface area contributed by atoms with Crippen LogP contribution >= 0.6 is 31.9 Å². The van der Waals surface area contributed by atoms with E-state index in [4.69, 9.17) is 5.73 Å². The van der Waals surface area contributed by atoms with Crippen LogP contribution in [0, 0.1) is 0 Å². The number of nitrogens with two attached hydrogens (primary N) is 1. The third-order valence-electron chi connectivity index (χ3n) is 2.18. The first kappa shape index (κ1) is 12.2. The Balaban J connectivity index is 2.73. The Morgan fingerprint density at radius 3 is 2.29 bits per heavy atom. The topological polar surface area (TPSA) is 26.0 Å². The number of unbranched alkanes of at least 4 members (excludes halogenated alkanes) is 1. The summed E-state index contributed by atoms with van der Waals surface area (Å²) < 4.78 is 2.16. The van der Waals surface area contributed by atoms with Gasteiger partial charge in [-0.25, -0.2) is 0 Å². The lowest BCUT2D eigenvalue weighted by Gasteiger charge is -2.12. The SMILES string of the molecule is CCCC[C@@H](N)c1cc(Br)cc(Br)c1. The summed E-state index contributed by atoms with van der Waals surface area (Å²) in [5.74, 6) is 0. The third kappa shape index (κ3) is 3.71. The van der Waals surface area contributed by atoms with E-state index in [2.05, 4.69) is 50.9 Å². The Hall–Kier alpha value is 0.140. The maximum Gasteiger partial charge on any atom is 0.0295 e. The number of halogens is 2. The first-order valence-corrected chi connectivity index (χ1v) is 6.43. The van der Waals surface area contributed by atoms with Crippen molar-refractivity contribution in [3.63, 3.8) is 0 Å². The molecule has 1 aromatic carbocycles. The lowest BCUT2D eigenvalue weighted by molar-refractivity contribution is 0.603. The van der Waals surface area contributed by atoms with Crippen LogP contribution in [0.5, 0.6) is 0 Å². The molecule has 1 nitrogen and oxygen atoms in total. The highest BCUT2D eigenvalue weighted by Crippen LogP contribution is 2.25. The van der Waals surface area contributed by atoms with Crippen LogP contribution in [0.15, 0.2) is 27.1 Å². The van der Waals surface area contributed by atoms with Gasteiger partial charge < -0.3 is 5.73 Å². The van der Waals surface area contributed by atoms with E-state index in [9.17, 15) is 0 Å². The van der Waals surface area contributed by atoms with Gasteiger partial charge in [-0.15, -0.1) is 0 Å². The molecule has 0 aliphatic heterocycles. The van der Waals surface area contributed by atoms with E-state index < -0.39 is 0 Å². The lowest BCUT2D eigenvalue weighted by atomic mass is 10.0. The van der Waals surface area contributed by atoms with E-state index in [1.807, 2.05) is 6.07 Å². The molecule has 0 aliphatic rings. The van der Waals surface area contributed by atoms with Crippen molar-refractivity contribution < 1.29 is 0 Å². The van der Waals surface area contributed by atoms with Gasteiger partial charge in [-0.3, -0.25) is 0 Å². The van der Waals surface area contributed by atoms with Gasteiger partial charge in [-0.2, -0.15) is 0 Å². The molecular weight excluding hydrogens is 306 g/mol. The van der Waals surface area contributed by atoms with E-state index in [1.165, 1.54) is 18.4 Å². The second-order valence-electron chi connectivity index (χ2n) is 3.45. The van der Waals surface area contributed by atoms with Crippen molar-refractivity contribution in [3.05, 3.63) is 32.7 Å². The van der Waals surface area contributed by atoms with E-state index in [-0.39, 0.29) is 6.04 Å². The molecule has 2 N–H and O–H groups in total. The minimum absolute atomic E-state index is 0.156. The van der Waals surface area contributed by atoms with E-state index in [0.717, 1.165) is 15.4 Å². The average molecular weight is 321 g/mol. The molecule has 0 unspecified atom stereocenters. The van der Waals surface area contributed by atoms with Gasteiger partial charge in [0.15, 0.2) is 0 Å². The van der Waals surface area contributed by atoms with Gasteiger partial charge in [0.1, 0.15) is 0 Å². The molecule has 1 rings (SSSR count). The largest absolute Gasteiger partial charge is 0.324 e. The summed E-state index contributed by atoms with van der Waals surface area (Å²) >= 11 is 6.93. The predicted octanol–water partition coefficient (Wildman–Crippen LogP) is 4.40. The molecule has 0 saturated carbocycles. The highest BCUT2D eigenvalue weighted by Gasteiger charge is 2.06. The van der Waals surface area contributed by atoms with E-state index in [0.29, 0.717) is 0 Å². The number of hydrogen-bond donors (Lipinski definition) is 1. The van der Waals surface area contributed by atoms with Crippen LogP contribution in [0.4, 0.5) is 0 Å². The molecule has 0 bridgehead atoms. The molecule has 0 heterocycles. The Morgan fingerprint density at radius 1 is 1.21 bits per heavy atom. The molecule has 14 heavy (non-hydrogen) atoms. The van der Waals surface area contributed by atoms with Gasteiger partial charge in [-0.05, 0) is 30.2 Å². The normalized spacial score (nSPS) is 12.9. The van der Waals surface area contributed by atoms with Crippen molar-refractivity contribution in [2.45, 2.75) is 32.2 Å². The van der Waals surface area contributed by atoms with Gasteiger partial charge in [0.2, 0.25) is 0 Å². The lowest BCUT2D eigenvalue weighted by Crippen LogP contribution is -2.09. The molecule has 3 heteroatoms.